The van der Waals surface area contributed by atoms with E-state index in [0.717, 1.165) is 37.9 Å². The molecule has 1 saturated heterocycles. The van der Waals surface area contributed by atoms with E-state index in [-0.39, 0.29) is 18.5 Å². The zero-order valence-electron chi connectivity index (χ0n) is 12.0. The van der Waals surface area contributed by atoms with Gasteiger partial charge in [0.1, 0.15) is 0 Å². The molecule has 1 aliphatic carbocycles. The quantitative estimate of drug-likeness (QED) is 0.823. The van der Waals surface area contributed by atoms with Gasteiger partial charge in [0.2, 0.25) is 11.8 Å². The first-order valence-corrected chi connectivity index (χ1v) is 7.49. The molecule has 0 aromatic heterocycles. The minimum atomic E-state index is -0.445. The third-order valence-electron chi connectivity index (χ3n) is 4.55. The third kappa shape index (κ3) is 2.65. The molecule has 0 bridgehead atoms. The molecule has 112 valence electrons. The van der Waals surface area contributed by atoms with Crippen LogP contribution in [0.15, 0.2) is 30.3 Å². The summed E-state index contributed by atoms with van der Waals surface area (Å²) in [5, 5.41) is 3.25. The van der Waals surface area contributed by atoms with Gasteiger partial charge in [-0.1, -0.05) is 30.3 Å². The molecule has 5 nitrogen and oxygen atoms in total. The molecule has 1 aromatic rings. The Labute approximate surface area is 124 Å². The number of nitrogens with two attached hydrogens (primary N) is 1. The molecule has 0 spiro atoms. The largest absolute Gasteiger partial charge is 0.368 e. The van der Waals surface area contributed by atoms with E-state index < -0.39 is 11.3 Å². The summed E-state index contributed by atoms with van der Waals surface area (Å²) in [5.74, 6) is -0.389. The molecule has 21 heavy (non-hydrogen) atoms. The van der Waals surface area contributed by atoms with Crippen LogP contribution in [0.2, 0.25) is 0 Å². The zero-order chi connectivity index (χ0) is 14.9. The van der Waals surface area contributed by atoms with Crippen LogP contribution in [-0.4, -0.2) is 42.4 Å². The van der Waals surface area contributed by atoms with Crippen molar-refractivity contribution in [2.75, 3.05) is 19.6 Å². The molecule has 5 heteroatoms. The molecule has 1 heterocycles. The van der Waals surface area contributed by atoms with Crippen LogP contribution in [0.1, 0.15) is 24.8 Å². The summed E-state index contributed by atoms with van der Waals surface area (Å²) in [6, 6.07) is 9.94. The van der Waals surface area contributed by atoms with Gasteiger partial charge in [0.15, 0.2) is 0 Å². The standard InChI is InChI=1S/C16H21N3O2/c17-14(20)11-19(13-6-9-18-10-13)15(21)16(7-8-16)12-4-2-1-3-5-12/h1-5,13,18H,6-11H2,(H2,17,20). The van der Waals surface area contributed by atoms with E-state index in [1.54, 1.807) is 4.90 Å². The average molecular weight is 287 g/mol. The summed E-state index contributed by atoms with van der Waals surface area (Å²) in [4.78, 5) is 26.1. The third-order valence-corrected chi connectivity index (χ3v) is 4.55. The minimum absolute atomic E-state index is 0.0137. The van der Waals surface area contributed by atoms with E-state index in [0.29, 0.717) is 0 Å². The Morgan fingerprint density at radius 1 is 1.29 bits per heavy atom. The highest BCUT2D eigenvalue weighted by Gasteiger charge is 2.54. The normalized spacial score (nSPS) is 22.8. The summed E-state index contributed by atoms with van der Waals surface area (Å²) in [5.41, 5.74) is 5.97. The molecule has 2 amide bonds. The van der Waals surface area contributed by atoms with Crippen molar-refractivity contribution in [3.63, 3.8) is 0 Å². The van der Waals surface area contributed by atoms with E-state index in [1.165, 1.54) is 0 Å². The topological polar surface area (TPSA) is 75.4 Å². The number of amides is 2. The van der Waals surface area contributed by atoms with Crippen molar-refractivity contribution in [1.82, 2.24) is 10.2 Å². The number of nitrogens with one attached hydrogen (secondary N) is 1. The molecule has 3 rings (SSSR count). The minimum Gasteiger partial charge on any atom is -0.368 e. The fraction of sp³-hybridized carbons (Fsp3) is 0.500. The SMILES string of the molecule is NC(=O)CN(C(=O)C1(c2ccccc2)CC1)C1CCNC1. The highest BCUT2D eigenvalue weighted by molar-refractivity contribution is 5.94. The van der Waals surface area contributed by atoms with Gasteiger partial charge in [-0.2, -0.15) is 0 Å². The van der Waals surface area contributed by atoms with Crippen molar-refractivity contribution in [3.05, 3.63) is 35.9 Å². The fourth-order valence-electron chi connectivity index (χ4n) is 3.22. The van der Waals surface area contributed by atoms with Crippen LogP contribution in [0.25, 0.3) is 0 Å². The second-order valence-electron chi connectivity index (χ2n) is 5.99. The number of hydrogen-bond donors (Lipinski definition) is 2. The van der Waals surface area contributed by atoms with Gasteiger partial charge in [-0.05, 0) is 31.4 Å². The fourth-order valence-corrected chi connectivity index (χ4v) is 3.22. The molecule has 1 atom stereocenters. The Hall–Kier alpha value is -1.88. The lowest BCUT2D eigenvalue weighted by Gasteiger charge is -2.31. The number of rotatable bonds is 5. The maximum Gasteiger partial charge on any atom is 0.237 e. The van der Waals surface area contributed by atoms with Crippen molar-refractivity contribution >= 4 is 11.8 Å². The Morgan fingerprint density at radius 3 is 2.52 bits per heavy atom. The van der Waals surface area contributed by atoms with Gasteiger partial charge in [-0.15, -0.1) is 0 Å². The maximum atomic E-state index is 13.0. The first kappa shape index (κ1) is 14.1. The van der Waals surface area contributed by atoms with Crippen molar-refractivity contribution in [2.45, 2.75) is 30.7 Å². The van der Waals surface area contributed by atoms with Crippen LogP contribution in [0, 0.1) is 0 Å². The van der Waals surface area contributed by atoms with Crippen LogP contribution in [-0.2, 0) is 15.0 Å². The van der Waals surface area contributed by atoms with Crippen LogP contribution in [0.4, 0.5) is 0 Å². The Bertz CT molecular complexity index is 534. The van der Waals surface area contributed by atoms with Gasteiger partial charge in [-0.25, -0.2) is 0 Å². The van der Waals surface area contributed by atoms with E-state index in [2.05, 4.69) is 5.32 Å². The van der Waals surface area contributed by atoms with Crippen LogP contribution < -0.4 is 11.1 Å². The second-order valence-corrected chi connectivity index (χ2v) is 5.99. The number of carbonyl (C=O) groups is 2. The second kappa shape index (κ2) is 5.48. The highest BCUT2D eigenvalue weighted by atomic mass is 16.2. The van der Waals surface area contributed by atoms with Crippen LogP contribution >= 0.6 is 0 Å². The van der Waals surface area contributed by atoms with Crippen molar-refractivity contribution in [2.24, 2.45) is 5.73 Å². The first-order chi connectivity index (χ1) is 10.1. The Kier molecular flexibility index (Phi) is 3.68. The van der Waals surface area contributed by atoms with Crippen LogP contribution in [0.5, 0.6) is 0 Å². The number of benzene rings is 1. The van der Waals surface area contributed by atoms with E-state index >= 15 is 0 Å². The van der Waals surface area contributed by atoms with Crippen LogP contribution in [0.3, 0.4) is 0 Å². The molecule has 1 aliphatic heterocycles. The maximum absolute atomic E-state index is 13.0. The summed E-state index contributed by atoms with van der Waals surface area (Å²) >= 11 is 0. The lowest BCUT2D eigenvalue weighted by atomic mass is 9.93. The molecule has 1 aromatic carbocycles. The molecule has 0 radical (unpaired) electrons. The lowest BCUT2D eigenvalue weighted by Crippen LogP contribution is -2.50. The molecule has 1 unspecified atom stereocenters. The van der Waals surface area contributed by atoms with Gasteiger partial charge < -0.3 is 16.0 Å². The molecule has 3 N–H and O–H groups in total. The van der Waals surface area contributed by atoms with Gasteiger partial charge in [0.05, 0.1) is 12.0 Å². The first-order valence-electron chi connectivity index (χ1n) is 7.49. The number of hydrogen-bond acceptors (Lipinski definition) is 3. The molecule has 2 aliphatic rings. The number of carbonyl (C=O) groups excluding carboxylic acids is 2. The van der Waals surface area contributed by atoms with Gasteiger partial charge in [-0.3, -0.25) is 9.59 Å². The Balaban J connectivity index is 1.85. The zero-order valence-corrected chi connectivity index (χ0v) is 12.0. The molecule has 1 saturated carbocycles. The highest BCUT2D eigenvalue weighted by Crippen LogP contribution is 2.49. The lowest BCUT2D eigenvalue weighted by molar-refractivity contribution is -0.139. The molecular weight excluding hydrogens is 266 g/mol. The number of nitrogens with zero attached hydrogens (tertiary/aromatic N) is 1. The van der Waals surface area contributed by atoms with E-state index in [1.807, 2.05) is 30.3 Å². The summed E-state index contributed by atoms with van der Waals surface area (Å²) in [6.07, 6.45) is 2.58. The van der Waals surface area contributed by atoms with E-state index in [9.17, 15) is 9.59 Å². The average Bonchev–Trinajstić information content (AvgIpc) is 3.13. The number of primary amides is 1. The predicted molar refractivity (Wildman–Crippen MR) is 79.5 cm³/mol. The smallest absolute Gasteiger partial charge is 0.237 e. The summed E-state index contributed by atoms with van der Waals surface area (Å²) in [6.45, 7) is 1.63. The monoisotopic (exact) mass is 287 g/mol. The predicted octanol–water partition coefficient (Wildman–Crippen LogP) is 0.394. The van der Waals surface area contributed by atoms with Crippen molar-refractivity contribution in [1.29, 1.82) is 0 Å². The van der Waals surface area contributed by atoms with Crippen molar-refractivity contribution < 1.29 is 9.59 Å². The van der Waals surface area contributed by atoms with Gasteiger partial charge >= 0.3 is 0 Å². The Morgan fingerprint density at radius 2 is 2.00 bits per heavy atom. The van der Waals surface area contributed by atoms with Gasteiger partial charge in [0, 0.05) is 12.6 Å². The van der Waals surface area contributed by atoms with Gasteiger partial charge in [0.25, 0.3) is 0 Å². The summed E-state index contributed by atoms with van der Waals surface area (Å²) < 4.78 is 0. The molecule has 2 fully saturated rings. The summed E-state index contributed by atoms with van der Waals surface area (Å²) in [7, 11) is 0. The van der Waals surface area contributed by atoms with Crippen molar-refractivity contribution in [3.8, 4) is 0 Å². The molecular formula is C16H21N3O2. The van der Waals surface area contributed by atoms with E-state index in [4.69, 9.17) is 5.73 Å².